The lowest BCUT2D eigenvalue weighted by atomic mass is 10.0. The molecule has 0 saturated carbocycles. The molecule has 132 valence electrons. The SMILES string of the molecule is N#C/C(=C/c1ccc(OC(=O)c2ccccc2Cl)cc1)c1ccc(Cl)cc1. The van der Waals surface area contributed by atoms with E-state index >= 15 is 0 Å². The van der Waals surface area contributed by atoms with Crippen molar-refractivity contribution in [3.05, 3.63) is 99.5 Å². The number of allylic oxidation sites excluding steroid dienone is 1. The first kappa shape index (κ1) is 18.7. The van der Waals surface area contributed by atoms with Gasteiger partial charge in [0.25, 0.3) is 0 Å². The highest BCUT2D eigenvalue weighted by atomic mass is 35.5. The van der Waals surface area contributed by atoms with Gasteiger partial charge in [-0.1, -0.05) is 59.6 Å². The van der Waals surface area contributed by atoms with Crippen molar-refractivity contribution in [1.82, 2.24) is 0 Å². The fraction of sp³-hybridized carbons (Fsp3) is 0. The van der Waals surface area contributed by atoms with Crippen molar-refractivity contribution in [2.24, 2.45) is 0 Å². The number of benzene rings is 3. The molecule has 0 fully saturated rings. The van der Waals surface area contributed by atoms with Crippen molar-refractivity contribution in [3.8, 4) is 11.8 Å². The van der Waals surface area contributed by atoms with Crippen molar-refractivity contribution in [2.45, 2.75) is 0 Å². The smallest absolute Gasteiger partial charge is 0.345 e. The molecule has 3 aromatic rings. The summed E-state index contributed by atoms with van der Waals surface area (Å²) in [5, 5.41) is 10.4. The fourth-order valence-electron chi connectivity index (χ4n) is 2.40. The summed E-state index contributed by atoms with van der Waals surface area (Å²) in [7, 11) is 0. The zero-order valence-corrected chi connectivity index (χ0v) is 15.5. The van der Waals surface area contributed by atoms with Crippen LogP contribution in [0.25, 0.3) is 11.6 Å². The van der Waals surface area contributed by atoms with Gasteiger partial charge in [0.1, 0.15) is 5.75 Å². The molecule has 0 atom stereocenters. The second kappa shape index (κ2) is 8.55. The summed E-state index contributed by atoms with van der Waals surface area (Å²) in [4.78, 5) is 12.2. The maximum atomic E-state index is 12.2. The minimum atomic E-state index is -0.525. The third kappa shape index (κ3) is 4.77. The van der Waals surface area contributed by atoms with Gasteiger partial charge < -0.3 is 4.74 Å². The number of nitrogens with zero attached hydrogens (tertiary/aromatic N) is 1. The Morgan fingerprint density at radius 2 is 1.59 bits per heavy atom. The Morgan fingerprint density at radius 1 is 0.926 bits per heavy atom. The molecule has 0 aliphatic heterocycles. The molecule has 0 N–H and O–H groups in total. The number of ether oxygens (including phenoxy) is 1. The number of halogens is 2. The van der Waals surface area contributed by atoms with E-state index in [-0.39, 0.29) is 0 Å². The lowest BCUT2D eigenvalue weighted by Crippen LogP contribution is -2.08. The van der Waals surface area contributed by atoms with Gasteiger partial charge in [0, 0.05) is 5.02 Å². The fourth-order valence-corrected chi connectivity index (χ4v) is 2.74. The van der Waals surface area contributed by atoms with E-state index in [1.54, 1.807) is 78.9 Å². The Morgan fingerprint density at radius 3 is 2.22 bits per heavy atom. The summed E-state index contributed by atoms with van der Waals surface area (Å²) in [6.45, 7) is 0. The third-order valence-corrected chi connectivity index (χ3v) is 4.35. The third-order valence-electron chi connectivity index (χ3n) is 3.77. The van der Waals surface area contributed by atoms with Crippen LogP contribution in [0.15, 0.2) is 72.8 Å². The predicted molar refractivity (Wildman–Crippen MR) is 108 cm³/mol. The average Bonchev–Trinajstić information content (AvgIpc) is 2.68. The van der Waals surface area contributed by atoms with Gasteiger partial charge in [-0.05, 0) is 53.6 Å². The van der Waals surface area contributed by atoms with Gasteiger partial charge in [-0.2, -0.15) is 5.26 Å². The molecule has 3 aromatic carbocycles. The quantitative estimate of drug-likeness (QED) is 0.227. The minimum Gasteiger partial charge on any atom is -0.423 e. The van der Waals surface area contributed by atoms with Gasteiger partial charge in [-0.25, -0.2) is 4.79 Å². The van der Waals surface area contributed by atoms with Crippen molar-refractivity contribution in [2.75, 3.05) is 0 Å². The monoisotopic (exact) mass is 393 g/mol. The van der Waals surface area contributed by atoms with Crippen LogP contribution in [-0.4, -0.2) is 5.97 Å². The molecule has 0 unspecified atom stereocenters. The molecule has 0 aliphatic carbocycles. The Kier molecular flexibility index (Phi) is 5.93. The molecule has 5 heteroatoms. The van der Waals surface area contributed by atoms with Crippen LogP contribution >= 0.6 is 23.2 Å². The second-order valence-corrected chi connectivity index (χ2v) is 6.46. The molecule has 3 nitrogen and oxygen atoms in total. The molecule has 3 rings (SSSR count). The molecular weight excluding hydrogens is 381 g/mol. The van der Waals surface area contributed by atoms with Gasteiger partial charge in [0.05, 0.1) is 22.2 Å². The highest BCUT2D eigenvalue weighted by molar-refractivity contribution is 6.33. The summed E-state index contributed by atoms with van der Waals surface area (Å²) in [6.07, 6.45) is 1.75. The maximum absolute atomic E-state index is 12.2. The molecule has 0 amide bonds. The average molecular weight is 394 g/mol. The number of nitriles is 1. The normalized spacial score (nSPS) is 10.9. The van der Waals surface area contributed by atoms with E-state index in [2.05, 4.69) is 6.07 Å². The van der Waals surface area contributed by atoms with Gasteiger partial charge in [0.15, 0.2) is 0 Å². The first-order valence-electron chi connectivity index (χ1n) is 8.01. The van der Waals surface area contributed by atoms with E-state index < -0.39 is 5.97 Å². The Hall–Kier alpha value is -3.06. The van der Waals surface area contributed by atoms with Crippen LogP contribution in [0.1, 0.15) is 21.5 Å². The van der Waals surface area contributed by atoms with Crippen molar-refractivity contribution in [3.63, 3.8) is 0 Å². The number of hydrogen-bond donors (Lipinski definition) is 0. The molecular formula is C22H13Cl2NO2. The molecule has 27 heavy (non-hydrogen) atoms. The molecule has 0 saturated heterocycles. The van der Waals surface area contributed by atoms with Gasteiger partial charge >= 0.3 is 5.97 Å². The number of carbonyl (C=O) groups excluding carboxylic acids is 1. The number of esters is 1. The van der Waals surface area contributed by atoms with E-state index in [1.165, 1.54) is 0 Å². The Bertz CT molecular complexity index is 1030. The first-order valence-corrected chi connectivity index (χ1v) is 8.77. The number of hydrogen-bond acceptors (Lipinski definition) is 3. The van der Waals surface area contributed by atoms with E-state index in [4.69, 9.17) is 27.9 Å². The second-order valence-electron chi connectivity index (χ2n) is 5.62. The van der Waals surface area contributed by atoms with Crippen molar-refractivity contribution in [1.29, 1.82) is 5.26 Å². The lowest BCUT2D eigenvalue weighted by molar-refractivity contribution is 0.0735. The van der Waals surface area contributed by atoms with Gasteiger partial charge in [0.2, 0.25) is 0 Å². The van der Waals surface area contributed by atoms with Crippen LogP contribution in [0.3, 0.4) is 0 Å². The van der Waals surface area contributed by atoms with E-state index in [0.29, 0.717) is 26.9 Å². The summed E-state index contributed by atoms with van der Waals surface area (Å²) in [6, 6.07) is 22.8. The summed E-state index contributed by atoms with van der Waals surface area (Å²) < 4.78 is 5.34. The number of carbonyl (C=O) groups is 1. The Labute approximate surface area is 167 Å². The van der Waals surface area contributed by atoms with Gasteiger partial charge in [-0.15, -0.1) is 0 Å². The molecule has 0 aliphatic rings. The first-order chi connectivity index (χ1) is 13.1. The number of rotatable bonds is 4. The van der Waals surface area contributed by atoms with Crippen LogP contribution in [0.4, 0.5) is 0 Å². The largest absolute Gasteiger partial charge is 0.423 e. The van der Waals surface area contributed by atoms with E-state index in [0.717, 1.165) is 11.1 Å². The highest BCUT2D eigenvalue weighted by Crippen LogP contribution is 2.22. The minimum absolute atomic E-state index is 0.303. The Balaban J connectivity index is 1.77. The standard InChI is InChI=1S/C22H13Cl2NO2/c23-18-9-7-16(8-10-18)17(14-25)13-15-5-11-19(12-6-15)27-22(26)20-3-1-2-4-21(20)24/h1-13H/b17-13-. The zero-order chi connectivity index (χ0) is 19.2. The van der Waals surface area contributed by atoms with Crippen molar-refractivity contribution >= 4 is 40.8 Å². The van der Waals surface area contributed by atoms with E-state index in [9.17, 15) is 10.1 Å². The van der Waals surface area contributed by atoms with Crippen LogP contribution in [-0.2, 0) is 0 Å². The zero-order valence-electron chi connectivity index (χ0n) is 14.0. The topological polar surface area (TPSA) is 50.1 Å². The lowest BCUT2D eigenvalue weighted by Gasteiger charge is -2.06. The predicted octanol–water partition coefficient (Wildman–Crippen LogP) is 6.28. The van der Waals surface area contributed by atoms with Gasteiger partial charge in [-0.3, -0.25) is 0 Å². The van der Waals surface area contributed by atoms with Crippen LogP contribution in [0, 0.1) is 11.3 Å². The van der Waals surface area contributed by atoms with Crippen LogP contribution < -0.4 is 4.74 Å². The van der Waals surface area contributed by atoms with Crippen molar-refractivity contribution < 1.29 is 9.53 Å². The molecule has 0 heterocycles. The molecule has 0 radical (unpaired) electrons. The molecule has 0 bridgehead atoms. The van der Waals surface area contributed by atoms with Crippen LogP contribution in [0.5, 0.6) is 5.75 Å². The molecule has 0 aromatic heterocycles. The summed E-state index contributed by atoms with van der Waals surface area (Å²) >= 11 is 11.9. The van der Waals surface area contributed by atoms with Crippen LogP contribution in [0.2, 0.25) is 10.0 Å². The summed E-state index contributed by atoms with van der Waals surface area (Å²) in [5.74, 6) is -0.134. The highest BCUT2D eigenvalue weighted by Gasteiger charge is 2.12. The summed E-state index contributed by atoms with van der Waals surface area (Å²) in [5.41, 5.74) is 2.39. The van der Waals surface area contributed by atoms with E-state index in [1.807, 2.05) is 0 Å². The molecule has 0 spiro atoms. The maximum Gasteiger partial charge on any atom is 0.345 e.